The van der Waals surface area contributed by atoms with Gasteiger partial charge in [-0.1, -0.05) is 0 Å². The van der Waals surface area contributed by atoms with E-state index in [0.29, 0.717) is 22.8 Å². The van der Waals surface area contributed by atoms with Crippen molar-refractivity contribution in [3.8, 4) is 23.5 Å². The molecule has 1 heterocycles. The molecule has 0 aromatic heterocycles. The maximum Gasteiger partial charge on any atom is 0.292 e. The third kappa shape index (κ3) is 2.09. The molecule has 0 N–H and O–H groups in total. The fourth-order valence-corrected chi connectivity index (χ4v) is 2.00. The molecule has 1 aromatic rings. The molecule has 0 bridgehead atoms. The number of nitriles is 1. The minimum absolute atomic E-state index is 0.0402. The average Bonchev–Trinajstić information content (AvgIpc) is 2.26. The molecule has 0 fully saturated rings. The molecule has 1 aliphatic rings. The number of methoxy groups -OCH3 is 1. The van der Waals surface area contributed by atoms with Crippen molar-refractivity contribution in [2.75, 3.05) is 7.11 Å². The lowest BCUT2D eigenvalue weighted by Gasteiger charge is -2.32. The van der Waals surface area contributed by atoms with E-state index in [-0.39, 0.29) is 12.2 Å². The molecular formula is C13H13NO4. The number of fused-ring (bicyclic) bond motifs is 1. The number of carbonyl (C=O) groups is 1. The van der Waals surface area contributed by atoms with Crippen molar-refractivity contribution in [1.82, 2.24) is 0 Å². The molecule has 0 amide bonds. The van der Waals surface area contributed by atoms with E-state index >= 15 is 0 Å². The van der Waals surface area contributed by atoms with E-state index in [4.69, 9.17) is 19.5 Å². The first-order chi connectivity index (χ1) is 8.46. The average molecular weight is 247 g/mol. The van der Waals surface area contributed by atoms with Crippen LogP contribution in [0.3, 0.4) is 0 Å². The summed E-state index contributed by atoms with van der Waals surface area (Å²) < 4.78 is 15.6. The topological polar surface area (TPSA) is 68.5 Å². The van der Waals surface area contributed by atoms with Gasteiger partial charge in [-0.15, -0.1) is 5.26 Å². The van der Waals surface area contributed by atoms with Crippen molar-refractivity contribution in [3.05, 3.63) is 17.7 Å². The lowest BCUT2D eigenvalue weighted by atomic mass is 9.92. The highest BCUT2D eigenvalue weighted by Gasteiger charge is 2.35. The Morgan fingerprint density at radius 2 is 2.17 bits per heavy atom. The van der Waals surface area contributed by atoms with E-state index in [1.807, 2.05) is 13.8 Å². The second-order valence-corrected chi connectivity index (χ2v) is 4.65. The van der Waals surface area contributed by atoms with E-state index in [9.17, 15) is 4.79 Å². The van der Waals surface area contributed by atoms with E-state index in [1.54, 1.807) is 6.26 Å². The van der Waals surface area contributed by atoms with Crippen LogP contribution in [0.1, 0.15) is 30.6 Å². The van der Waals surface area contributed by atoms with Gasteiger partial charge in [0.05, 0.1) is 13.5 Å². The predicted molar refractivity (Wildman–Crippen MR) is 62.9 cm³/mol. The molecule has 0 aliphatic carbocycles. The van der Waals surface area contributed by atoms with Crippen LogP contribution >= 0.6 is 0 Å². The van der Waals surface area contributed by atoms with Crippen LogP contribution in [0.5, 0.6) is 17.2 Å². The van der Waals surface area contributed by atoms with Crippen molar-refractivity contribution in [2.45, 2.75) is 25.9 Å². The number of Topliss-reactive ketones (excluding diaryl/α,β-unsaturated/α-hetero) is 1. The van der Waals surface area contributed by atoms with Gasteiger partial charge in [-0.2, -0.15) is 0 Å². The SMILES string of the molecule is COc1cc(OC#N)cc2c1C(=O)CC(C)(C)O2. The van der Waals surface area contributed by atoms with Gasteiger partial charge in [0.15, 0.2) is 5.78 Å². The molecule has 0 saturated carbocycles. The molecule has 0 spiro atoms. The van der Waals surface area contributed by atoms with Crippen molar-refractivity contribution < 1.29 is 19.0 Å². The largest absolute Gasteiger partial charge is 0.496 e. The second kappa shape index (κ2) is 4.22. The van der Waals surface area contributed by atoms with Crippen LogP contribution in [-0.4, -0.2) is 18.5 Å². The van der Waals surface area contributed by atoms with Gasteiger partial charge in [0, 0.05) is 12.1 Å². The van der Waals surface area contributed by atoms with Gasteiger partial charge in [-0.3, -0.25) is 4.79 Å². The van der Waals surface area contributed by atoms with Gasteiger partial charge in [-0.05, 0) is 13.8 Å². The van der Waals surface area contributed by atoms with Crippen molar-refractivity contribution in [2.24, 2.45) is 0 Å². The summed E-state index contributed by atoms with van der Waals surface area (Å²) in [6.07, 6.45) is 1.86. The number of hydrogen-bond donors (Lipinski definition) is 0. The number of hydrogen-bond acceptors (Lipinski definition) is 5. The first kappa shape index (κ1) is 12.2. The second-order valence-electron chi connectivity index (χ2n) is 4.65. The maximum atomic E-state index is 12.1. The molecule has 1 aromatic carbocycles. The Labute approximate surface area is 105 Å². The Hall–Kier alpha value is -2.22. The summed E-state index contributed by atoms with van der Waals surface area (Å²) >= 11 is 0. The summed E-state index contributed by atoms with van der Waals surface area (Å²) in [4.78, 5) is 12.1. The highest BCUT2D eigenvalue weighted by molar-refractivity contribution is 6.03. The first-order valence-electron chi connectivity index (χ1n) is 5.47. The van der Waals surface area contributed by atoms with Crippen LogP contribution in [0.2, 0.25) is 0 Å². The molecule has 94 valence electrons. The molecule has 5 heteroatoms. The zero-order valence-electron chi connectivity index (χ0n) is 10.4. The number of ketones is 1. The summed E-state index contributed by atoms with van der Waals surface area (Å²) in [5.41, 5.74) is -0.164. The summed E-state index contributed by atoms with van der Waals surface area (Å²) in [5, 5.41) is 8.52. The van der Waals surface area contributed by atoms with Crippen LogP contribution in [0, 0.1) is 11.5 Å². The summed E-state index contributed by atoms with van der Waals surface area (Å²) in [5.74, 6) is 0.999. The first-order valence-corrected chi connectivity index (χ1v) is 5.47. The molecular weight excluding hydrogens is 234 g/mol. The molecule has 0 radical (unpaired) electrons. The fourth-order valence-electron chi connectivity index (χ4n) is 2.00. The predicted octanol–water partition coefficient (Wildman–Crippen LogP) is 2.30. The molecule has 0 saturated heterocycles. The molecule has 2 rings (SSSR count). The number of benzene rings is 1. The Bertz CT molecular complexity index is 543. The lowest BCUT2D eigenvalue weighted by Crippen LogP contribution is -2.36. The monoisotopic (exact) mass is 247 g/mol. The quantitative estimate of drug-likeness (QED) is 0.750. The normalized spacial score (nSPS) is 16.2. The maximum absolute atomic E-state index is 12.1. The molecule has 1 aliphatic heterocycles. The Morgan fingerprint density at radius 1 is 1.44 bits per heavy atom. The van der Waals surface area contributed by atoms with Crippen molar-refractivity contribution in [3.63, 3.8) is 0 Å². The van der Waals surface area contributed by atoms with E-state index in [2.05, 4.69) is 0 Å². The molecule has 0 atom stereocenters. The minimum atomic E-state index is -0.569. The molecule has 18 heavy (non-hydrogen) atoms. The van der Waals surface area contributed by atoms with Gasteiger partial charge in [-0.25, -0.2) is 0 Å². The van der Waals surface area contributed by atoms with Gasteiger partial charge in [0.25, 0.3) is 6.26 Å². The standard InChI is InChI=1S/C13H13NO4/c1-13(2)6-9(15)12-10(16-3)4-8(17-7-14)5-11(12)18-13/h4-5H,6H2,1-3H3. The van der Waals surface area contributed by atoms with Crippen LogP contribution in [0.25, 0.3) is 0 Å². The zero-order valence-corrected chi connectivity index (χ0v) is 10.4. The number of ether oxygens (including phenoxy) is 3. The van der Waals surface area contributed by atoms with Gasteiger partial charge in [0.1, 0.15) is 28.4 Å². The van der Waals surface area contributed by atoms with Gasteiger partial charge < -0.3 is 14.2 Å². The smallest absolute Gasteiger partial charge is 0.292 e. The molecule has 5 nitrogen and oxygen atoms in total. The summed E-state index contributed by atoms with van der Waals surface area (Å²) in [7, 11) is 1.46. The number of nitrogens with zero attached hydrogens (tertiary/aromatic N) is 1. The van der Waals surface area contributed by atoms with E-state index in [1.165, 1.54) is 19.2 Å². The third-order valence-corrected chi connectivity index (χ3v) is 2.67. The third-order valence-electron chi connectivity index (χ3n) is 2.67. The summed E-state index contributed by atoms with van der Waals surface area (Å²) in [6, 6.07) is 3.03. The summed E-state index contributed by atoms with van der Waals surface area (Å²) in [6.45, 7) is 3.66. The minimum Gasteiger partial charge on any atom is -0.496 e. The zero-order chi connectivity index (χ0) is 13.3. The Balaban J connectivity index is 2.57. The van der Waals surface area contributed by atoms with Crippen LogP contribution in [-0.2, 0) is 0 Å². The van der Waals surface area contributed by atoms with E-state index < -0.39 is 5.60 Å². The highest BCUT2D eigenvalue weighted by Crippen LogP contribution is 2.41. The van der Waals surface area contributed by atoms with Crippen molar-refractivity contribution in [1.29, 1.82) is 5.26 Å². The molecule has 0 unspecified atom stereocenters. The van der Waals surface area contributed by atoms with Crippen LogP contribution in [0.4, 0.5) is 0 Å². The lowest BCUT2D eigenvalue weighted by molar-refractivity contribution is 0.0613. The fraction of sp³-hybridized carbons (Fsp3) is 0.385. The van der Waals surface area contributed by atoms with Crippen LogP contribution in [0.15, 0.2) is 12.1 Å². The van der Waals surface area contributed by atoms with E-state index in [0.717, 1.165) is 0 Å². The van der Waals surface area contributed by atoms with Crippen molar-refractivity contribution >= 4 is 5.78 Å². The van der Waals surface area contributed by atoms with Gasteiger partial charge in [0.2, 0.25) is 0 Å². The number of carbonyl (C=O) groups excluding carboxylic acids is 1. The van der Waals surface area contributed by atoms with Crippen LogP contribution < -0.4 is 14.2 Å². The highest BCUT2D eigenvalue weighted by atomic mass is 16.5. The Kier molecular flexibility index (Phi) is 2.87. The number of rotatable bonds is 2. The van der Waals surface area contributed by atoms with Gasteiger partial charge >= 0.3 is 0 Å². The Morgan fingerprint density at radius 3 is 2.78 bits per heavy atom.